The van der Waals surface area contributed by atoms with Crippen molar-refractivity contribution in [1.29, 1.82) is 0 Å². The first kappa shape index (κ1) is 18.5. The third-order valence-electron chi connectivity index (χ3n) is 6.23. The minimum atomic E-state index is -1.29. The van der Waals surface area contributed by atoms with E-state index in [2.05, 4.69) is 36.4 Å². The van der Waals surface area contributed by atoms with Gasteiger partial charge in [-0.3, -0.25) is 9.59 Å². The van der Waals surface area contributed by atoms with E-state index < -0.39 is 17.4 Å². The molecule has 0 saturated carbocycles. The van der Waals surface area contributed by atoms with Gasteiger partial charge < -0.3 is 9.47 Å². The Hall–Kier alpha value is -2.88. The zero-order valence-electron chi connectivity index (χ0n) is 16.2. The summed E-state index contributed by atoms with van der Waals surface area (Å²) in [7, 11) is 2.68. The highest BCUT2D eigenvalue weighted by Crippen LogP contribution is 2.53. The van der Waals surface area contributed by atoms with Gasteiger partial charge in [-0.2, -0.15) is 0 Å². The van der Waals surface area contributed by atoms with Crippen molar-refractivity contribution in [2.75, 3.05) is 14.2 Å². The molecule has 2 aromatic rings. The van der Waals surface area contributed by atoms with Crippen LogP contribution >= 0.6 is 0 Å². The predicted molar refractivity (Wildman–Crippen MR) is 107 cm³/mol. The van der Waals surface area contributed by atoms with Crippen molar-refractivity contribution < 1.29 is 19.1 Å². The summed E-state index contributed by atoms with van der Waals surface area (Å²) in [6.07, 6.45) is 6.18. The number of fused-ring (bicyclic) bond motifs is 3. The molecule has 0 saturated heterocycles. The van der Waals surface area contributed by atoms with E-state index in [1.807, 2.05) is 24.3 Å². The number of ether oxygens (including phenoxy) is 2. The van der Waals surface area contributed by atoms with Crippen molar-refractivity contribution in [1.82, 2.24) is 0 Å². The fourth-order valence-corrected chi connectivity index (χ4v) is 4.91. The molecule has 2 aromatic carbocycles. The number of allylic oxidation sites excluding steroid dienone is 2. The quantitative estimate of drug-likeness (QED) is 0.455. The molecule has 0 spiro atoms. The molecular weight excluding hydrogens is 352 g/mol. The van der Waals surface area contributed by atoms with E-state index in [9.17, 15) is 9.59 Å². The molecule has 0 N–H and O–H groups in total. The third kappa shape index (κ3) is 2.75. The van der Waals surface area contributed by atoms with Gasteiger partial charge in [-0.15, -0.1) is 0 Å². The Bertz CT molecular complexity index is 913. The van der Waals surface area contributed by atoms with Gasteiger partial charge in [0.1, 0.15) is 0 Å². The van der Waals surface area contributed by atoms with Gasteiger partial charge in [-0.25, -0.2) is 0 Å². The predicted octanol–water partition coefficient (Wildman–Crippen LogP) is 4.29. The Morgan fingerprint density at radius 1 is 0.964 bits per heavy atom. The first-order valence-electron chi connectivity index (χ1n) is 9.63. The Balaban J connectivity index is 1.88. The van der Waals surface area contributed by atoms with E-state index in [0.717, 1.165) is 29.5 Å². The lowest BCUT2D eigenvalue weighted by molar-refractivity contribution is -0.175. The summed E-state index contributed by atoms with van der Waals surface area (Å²) in [4.78, 5) is 25.8. The molecule has 4 nitrogen and oxygen atoms in total. The summed E-state index contributed by atoms with van der Waals surface area (Å²) in [6.45, 7) is 0. The maximum Gasteiger partial charge on any atom is 0.323 e. The number of methoxy groups -OCH3 is 2. The Labute approximate surface area is 165 Å². The van der Waals surface area contributed by atoms with Gasteiger partial charge in [-0.05, 0) is 47.4 Å². The van der Waals surface area contributed by atoms with Gasteiger partial charge in [0.15, 0.2) is 5.41 Å². The fraction of sp³-hybridized carbons (Fsp3) is 0.333. The second-order valence-electron chi connectivity index (χ2n) is 7.55. The molecule has 0 fully saturated rings. The van der Waals surface area contributed by atoms with Crippen molar-refractivity contribution in [3.05, 3.63) is 71.8 Å². The summed E-state index contributed by atoms with van der Waals surface area (Å²) in [6, 6.07) is 16.5. The first-order valence-corrected chi connectivity index (χ1v) is 9.63. The Morgan fingerprint density at radius 2 is 1.68 bits per heavy atom. The lowest BCUT2D eigenvalue weighted by atomic mass is 9.57. The molecule has 2 atom stereocenters. The van der Waals surface area contributed by atoms with E-state index in [0.29, 0.717) is 6.42 Å². The van der Waals surface area contributed by atoms with Gasteiger partial charge in [0.05, 0.1) is 14.2 Å². The van der Waals surface area contributed by atoms with Gasteiger partial charge >= 0.3 is 11.9 Å². The second-order valence-corrected chi connectivity index (χ2v) is 7.55. The van der Waals surface area contributed by atoms with Crippen LogP contribution < -0.4 is 0 Å². The summed E-state index contributed by atoms with van der Waals surface area (Å²) in [5.41, 5.74) is 3.19. The highest BCUT2D eigenvalue weighted by molar-refractivity contribution is 6.01. The zero-order valence-corrected chi connectivity index (χ0v) is 16.2. The molecule has 28 heavy (non-hydrogen) atoms. The summed E-state index contributed by atoms with van der Waals surface area (Å²) in [5.74, 6) is -1.18. The monoisotopic (exact) mass is 376 g/mol. The van der Waals surface area contributed by atoms with Crippen molar-refractivity contribution in [2.45, 2.75) is 25.2 Å². The van der Waals surface area contributed by atoms with Gasteiger partial charge in [-0.1, -0.05) is 60.7 Å². The molecule has 0 aromatic heterocycles. The van der Waals surface area contributed by atoms with Crippen molar-refractivity contribution >= 4 is 11.9 Å². The molecule has 144 valence electrons. The van der Waals surface area contributed by atoms with Crippen molar-refractivity contribution in [3.63, 3.8) is 0 Å². The molecule has 2 aliphatic carbocycles. The maximum atomic E-state index is 12.9. The standard InChI is InChI=1S/C24H24O4/c1-27-22(25)24(23(26)28-2)15-18-13-12-17(16-8-4-3-5-9-16)14-20(18)19-10-6-7-11-21(19)24/h3-6,8-10,12-14,19,21H,7,11,15H2,1-2H3/t19-,21-/m1/s1. The number of hydrogen-bond acceptors (Lipinski definition) is 4. The maximum absolute atomic E-state index is 12.9. The van der Waals surface area contributed by atoms with Crippen LogP contribution in [0.25, 0.3) is 11.1 Å². The average molecular weight is 376 g/mol. The van der Waals surface area contributed by atoms with Crippen molar-refractivity contribution in [2.24, 2.45) is 11.3 Å². The van der Waals surface area contributed by atoms with E-state index >= 15 is 0 Å². The molecule has 4 heteroatoms. The minimum Gasteiger partial charge on any atom is -0.468 e. The van der Waals surface area contributed by atoms with Crippen LogP contribution in [0.2, 0.25) is 0 Å². The van der Waals surface area contributed by atoms with Crippen LogP contribution in [0.3, 0.4) is 0 Å². The van der Waals surface area contributed by atoms with Gasteiger partial charge in [0.2, 0.25) is 0 Å². The normalized spacial score (nSPS) is 21.9. The lowest BCUT2D eigenvalue weighted by Crippen LogP contribution is -2.53. The number of rotatable bonds is 3. The van der Waals surface area contributed by atoms with Crippen LogP contribution in [0.1, 0.15) is 29.9 Å². The van der Waals surface area contributed by atoms with Crippen LogP contribution in [0.15, 0.2) is 60.7 Å². The summed E-state index contributed by atoms with van der Waals surface area (Å²) < 4.78 is 10.2. The topological polar surface area (TPSA) is 52.6 Å². The Kier molecular flexibility index (Phi) is 4.80. The third-order valence-corrected chi connectivity index (χ3v) is 6.23. The molecule has 0 aliphatic heterocycles. The lowest BCUT2D eigenvalue weighted by Gasteiger charge is -2.45. The number of benzene rings is 2. The van der Waals surface area contributed by atoms with Crippen LogP contribution in [0, 0.1) is 11.3 Å². The largest absolute Gasteiger partial charge is 0.468 e. The fourth-order valence-electron chi connectivity index (χ4n) is 4.91. The van der Waals surface area contributed by atoms with Crippen LogP contribution in [0.5, 0.6) is 0 Å². The molecule has 4 rings (SSSR count). The molecule has 2 aliphatic rings. The van der Waals surface area contributed by atoms with Gasteiger partial charge in [0, 0.05) is 5.92 Å². The summed E-state index contributed by atoms with van der Waals surface area (Å²) in [5, 5.41) is 0. The first-order chi connectivity index (χ1) is 13.6. The minimum absolute atomic E-state index is 0.0145. The van der Waals surface area contributed by atoms with E-state index in [-0.39, 0.29) is 11.8 Å². The number of carbonyl (C=O) groups is 2. The van der Waals surface area contributed by atoms with E-state index in [1.165, 1.54) is 19.8 Å². The van der Waals surface area contributed by atoms with Crippen LogP contribution in [-0.2, 0) is 25.5 Å². The highest BCUT2D eigenvalue weighted by Gasteiger charge is 2.59. The van der Waals surface area contributed by atoms with E-state index in [1.54, 1.807) is 0 Å². The number of carbonyl (C=O) groups excluding carboxylic acids is 2. The smallest absolute Gasteiger partial charge is 0.323 e. The molecule has 0 bridgehead atoms. The SMILES string of the molecule is COC(=O)C1(C(=O)OC)Cc2ccc(-c3ccccc3)cc2[C@H]2C=CCC[C@H]21. The zero-order chi connectivity index (χ0) is 19.7. The molecule has 0 amide bonds. The second kappa shape index (κ2) is 7.27. The molecule has 0 heterocycles. The average Bonchev–Trinajstić information content (AvgIpc) is 2.77. The molecule has 0 radical (unpaired) electrons. The number of esters is 2. The van der Waals surface area contributed by atoms with Crippen LogP contribution in [-0.4, -0.2) is 26.2 Å². The van der Waals surface area contributed by atoms with Crippen LogP contribution in [0.4, 0.5) is 0 Å². The number of hydrogen-bond donors (Lipinski definition) is 0. The molecular formula is C24H24O4. The van der Waals surface area contributed by atoms with Gasteiger partial charge in [0.25, 0.3) is 0 Å². The highest BCUT2D eigenvalue weighted by atomic mass is 16.5. The molecule has 0 unspecified atom stereocenters. The summed E-state index contributed by atoms with van der Waals surface area (Å²) >= 11 is 0. The van der Waals surface area contributed by atoms with Crippen molar-refractivity contribution in [3.8, 4) is 11.1 Å². The van der Waals surface area contributed by atoms with E-state index in [4.69, 9.17) is 9.47 Å². The Morgan fingerprint density at radius 3 is 2.36 bits per heavy atom.